The number of carbonyl (C=O) groups excluding carboxylic acids is 3. The number of Topliss-reactive ketones (excluding diaryl/α,β-unsaturated/α-hetero) is 1. The Morgan fingerprint density at radius 3 is 2.55 bits per heavy atom. The molecule has 2 aliphatic heterocycles. The third-order valence-corrected chi connectivity index (χ3v) is 6.51. The second-order valence-electron chi connectivity index (χ2n) is 8.94. The van der Waals surface area contributed by atoms with Crippen molar-refractivity contribution in [1.82, 2.24) is 15.5 Å². The van der Waals surface area contributed by atoms with Crippen LogP contribution in [0, 0.1) is 11.8 Å². The van der Waals surface area contributed by atoms with Gasteiger partial charge in [0.25, 0.3) is 5.91 Å². The first-order chi connectivity index (χ1) is 14.9. The summed E-state index contributed by atoms with van der Waals surface area (Å²) in [7, 11) is 0. The van der Waals surface area contributed by atoms with Gasteiger partial charge in [-0.2, -0.15) is 0 Å². The maximum atomic E-state index is 12.6. The van der Waals surface area contributed by atoms with E-state index in [0.29, 0.717) is 25.1 Å². The summed E-state index contributed by atoms with van der Waals surface area (Å²) in [6.45, 7) is 7.53. The summed E-state index contributed by atoms with van der Waals surface area (Å²) >= 11 is 0. The van der Waals surface area contributed by atoms with Gasteiger partial charge in [0.05, 0.1) is 6.10 Å². The molecule has 0 bridgehead atoms. The van der Waals surface area contributed by atoms with E-state index in [9.17, 15) is 14.4 Å². The highest BCUT2D eigenvalue weighted by Gasteiger charge is 2.38. The average Bonchev–Trinajstić information content (AvgIpc) is 3.39. The standard InChI is InChI=1S/C24H35N3O4/c1-17(10-11-25-24(30)19-8-4-3-5-9-19)18(2)14-22(29)26-23-20(28)16-31-21(23)15-27-12-6-7-13-27/h3-5,8-9,17-18,21,23H,6-7,10-16H2,1-2H3,(H,25,30)(H,26,29). The first kappa shape index (κ1) is 23.4. The molecule has 2 heterocycles. The number of hydrogen-bond acceptors (Lipinski definition) is 5. The summed E-state index contributed by atoms with van der Waals surface area (Å²) in [6.07, 6.45) is 3.25. The van der Waals surface area contributed by atoms with Crippen LogP contribution in [0.5, 0.6) is 0 Å². The Kier molecular flexibility index (Phi) is 8.60. The van der Waals surface area contributed by atoms with Crippen LogP contribution in [0.15, 0.2) is 30.3 Å². The lowest BCUT2D eigenvalue weighted by Crippen LogP contribution is -2.49. The van der Waals surface area contributed by atoms with Crippen molar-refractivity contribution < 1.29 is 19.1 Å². The molecule has 7 nitrogen and oxygen atoms in total. The molecule has 0 radical (unpaired) electrons. The smallest absolute Gasteiger partial charge is 0.251 e. The number of nitrogens with one attached hydrogen (secondary N) is 2. The fourth-order valence-corrected chi connectivity index (χ4v) is 4.25. The van der Waals surface area contributed by atoms with Gasteiger partial charge in [-0.05, 0) is 56.3 Å². The van der Waals surface area contributed by atoms with Crippen molar-refractivity contribution in [3.63, 3.8) is 0 Å². The van der Waals surface area contributed by atoms with Crippen LogP contribution in [0.1, 0.15) is 49.9 Å². The SMILES string of the molecule is CC(CCNC(=O)c1ccccc1)C(C)CC(=O)NC1C(=O)COC1CN1CCCC1. The minimum Gasteiger partial charge on any atom is -0.366 e. The molecule has 2 aliphatic rings. The van der Waals surface area contributed by atoms with Gasteiger partial charge in [-0.3, -0.25) is 14.4 Å². The quantitative estimate of drug-likeness (QED) is 0.594. The zero-order valence-corrected chi connectivity index (χ0v) is 18.6. The molecule has 4 atom stereocenters. The van der Waals surface area contributed by atoms with E-state index < -0.39 is 6.04 Å². The second kappa shape index (κ2) is 11.4. The van der Waals surface area contributed by atoms with Crippen LogP contribution in [-0.4, -0.2) is 67.4 Å². The number of ketones is 1. The average molecular weight is 430 g/mol. The molecule has 0 aliphatic carbocycles. The molecule has 3 rings (SSSR count). The van der Waals surface area contributed by atoms with E-state index in [4.69, 9.17) is 4.74 Å². The molecular weight excluding hydrogens is 394 g/mol. The number of rotatable bonds is 10. The van der Waals surface area contributed by atoms with Crippen LogP contribution in [0.2, 0.25) is 0 Å². The van der Waals surface area contributed by atoms with Gasteiger partial charge in [-0.1, -0.05) is 32.0 Å². The largest absolute Gasteiger partial charge is 0.366 e. The van der Waals surface area contributed by atoms with Crippen LogP contribution in [0.3, 0.4) is 0 Å². The molecule has 1 aromatic rings. The number of hydrogen-bond donors (Lipinski definition) is 2. The number of amides is 2. The van der Waals surface area contributed by atoms with E-state index >= 15 is 0 Å². The van der Waals surface area contributed by atoms with Gasteiger partial charge in [-0.25, -0.2) is 0 Å². The fourth-order valence-electron chi connectivity index (χ4n) is 4.25. The minimum atomic E-state index is -0.541. The number of carbonyl (C=O) groups is 3. The van der Waals surface area contributed by atoms with Crippen LogP contribution >= 0.6 is 0 Å². The van der Waals surface area contributed by atoms with Crippen molar-refractivity contribution in [2.24, 2.45) is 11.8 Å². The molecule has 1 aromatic carbocycles. The fraction of sp³-hybridized carbons (Fsp3) is 0.625. The van der Waals surface area contributed by atoms with Crippen molar-refractivity contribution in [3.8, 4) is 0 Å². The normalized spacial score (nSPS) is 23.5. The Balaban J connectivity index is 1.39. The molecule has 7 heteroatoms. The second-order valence-corrected chi connectivity index (χ2v) is 8.94. The third kappa shape index (κ3) is 6.87. The number of benzene rings is 1. The van der Waals surface area contributed by atoms with Gasteiger partial charge in [-0.15, -0.1) is 0 Å². The summed E-state index contributed by atoms with van der Waals surface area (Å²) in [4.78, 5) is 39.3. The summed E-state index contributed by atoms with van der Waals surface area (Å²) in [5, 5.41) is 5.86. The molecule has 2 saturated heterocycles. The van der Waals surface area contributed by atoms with Crippen LogP contribution in [0.4, 0.5) is 0 Å². The van der Waals surface area contributed by atoms with E-state index in [1.807, 2.05) is 25.1 Å². The summed E-state index contributed by atoms with van der Waals surface area (Å²) in [5.41, 5.74) is 0.648. The lowest BCUT2D eigenvalue weighted by molar-refractivity contribution is -0.127. The van der Waals surface area contributed by atoms with Gasteiger partial charge < -0.3 is 20.3 Å². The van der Waals surface area contributed by atoms with E-state index in [2.05, 4.69) is 22.5 Å². The first-order valence-electron chi connectivity index (χ1n) is 11.4. The zero-order chi connectivity index (χ0) is 22.2. The predicted molar refractivity (Wildman–Crippen MR) is 119 cm³/mol. The van der Waals surface area contributed by atoms with Gasteiger partial charge in [0, 0.05) is 25.1 Å². The van der Waals surface area contributed by atoms with Crippen molar-refractivity contribution in [2.75, 3.05) is 32.8 Å². The lowest BCUT2D eigenvalue weighted by atomic mass is 9.89. The number of nitrogens with zero attached hydrogens (tertiary/aromatic N) is 1. The third-order valence-electron chi connectivity index (χ3n) is 6.51. The molecule has 4 unspecified atom stereocenters. The van der Waals surface area contributed by atoms with Gasteiger partial charge in [0.15, 0.2) is 5.78 Å². The maximum absolute atomic E-state index is 12.6. The Bertz CT molecular complexity index is 748. The lowest BCUT2D eigenvalue weighted by Gasteiger charge is -2.25. The van der Waals surface area contributed by atoms with Crippen molar-refractivity contribution in [1.29, 1.82) is 0 Å². The monoisotopic (exact) mass is 429 g/mol. The molecule has 0 spiro atoms. The summed E-state index contributed by atoms with van der Waals surface area (Å²) in [6, 6.07) is 8.60. The van der Waals surface area contributed by atoms with Crippen molar-refractivity contribution >= 4 is 17.6 Å². The molecule has 2 fully saturated rings. The summed E-state index contributed by atoms with van der Waals surface area (Å²) < 4.78 is 5.66. The molecule has 0 saturated carbocycles. The molecule has 2 amide bonds. The number of likely N-dealkylation sites (tertiary alicyclic amines) is 1. The van der Waals surface area contributed by atoms with Crippen LogP contribution < -0.4 is 10.6 Å². The minimum absolute atomic E-state index is 0.0399. The molecule has 2 N–H and O–H groups in total. The van der Waals surface area contributed by atoms with Gasteiger partial charge in [0.2, 0.25) is 5.91 Å². The number of ether oxygens (including phenoxy) is 1. The van der Waals surface area contributed by atoms with Crippen molar-refractivity contribution in [2.45, 2.75) is 51.7 Å². The molecule has 0 aromatic heterocycles. The zero-order valence-electron chi connectivity index (χ0n) is 18.6. The Morgan fingerprint density at radius 1 is 1.13 bits per heavy atom. The Morgan fingerprint density at radius 2 is 1.84 bits per heavy atom. The Labute approximate surface area is 184 Å². The van der Waals surface area contributed by atoms with E-state index in [1.165, 1.54) is 12.8 Å². The first-order valence-corrected chi connectivity index (χ1v) is 11.4. The maximum Gasteiger partial charge on any atom is 0.251 e. The van der Waals surface area contributed by atoms with Crippen molar-refractivity contribution in [3.05, 3.63) is 35.9 Å². The van der Waals surface area contributed by atoms with Crippen LogP contribution in [0.25, 0.3) is 0 Å². The predicted octanol–water partition coefficient (Wildman–Crippen LogP) is 2.02. The highest BCUT2D eigenvalue weighted by molar-refractivity contribution is 5.94. The van der Waals surface area contributed by atoms with E-state index in [0.717, 1.165) is 19.5 Å². The topological polar surface area (TPSA) is 87.7 Å². The molecular formula is C24H35N3O4. The van der Waals surface area contributed by atoms with Gasteiger partial charge >= 0.3 is 0 Å². The molecule has 31 heavy (non-hydrogen) atoms. The van der Waals surface area contributed by atoms with Gasteiger partial charge in [0.1, 0.15) is 12.6 Å². The van der Waals surface area contributed by atoms with Crippen LogP contribution in [-0.2, 0) is 14.3 Å². The Hall–Kier alpha value is -2.25. The molecule has 170 valence electrons. The highest BCUT2D eigenvalue weighted by Crippen LogP contribution is 2.20. The van der Waals surface area contributed by atoms with E-state index in [1.54, 1.807) is 12.1 Å². The van der Waals surface area contributed by atoms with E-state index in [-0.39, 0.29) is 42.1 Å². The highest BCUT2D eigenvalue weighted by atomic mass is 16.5. The summed E-state index contributed by atoms with van der Waals surface area (Å²) in [5.74, 6) is 0.174.